The van der Waals surface area contributed by atoms with Gasteiger partial charge in [0, 0.05) is 17.9 Å². The summed E-state index contributed by atoms with van der Waals surface area (Å²) < 4.78 is 27.1. The quantitative estimate of drug-likeness (QED) is 0.779. The lowest BCUT2D eigenvalue weighted by Crippen LogP contribution is -2.25. The van der Waals surface area contributed by atoms with Gasteiger partial charge in [-0.1, -0.05) is 26.8 Å². The number of rotatable bonds is 2. The lowest BCUT2D eigenvalue weighted by Gasteiger charge is -2.19. The fourth-order valence-electron chi connectivity index (χ4n) is 1.93. The van der Waals surface area contributed by atoms with Crippen molar-refractivity contribution in [1.29, 1.82) is 0 Å². The zero-order chi connectivity index (χ0) is 15.8. The molecule has 0 bridgehead atoms. The van der Waals surface area contributed by atoms with E-state index in [9.17, 15) is 13.6 Å². The molecule has 1 aromatic heterocycles. The topological polar surface area (TPSA) is 45.8 Å². The van der Waals surface area contributed by atoms with Gasteiger partial charge in [0.2, 0.25) is 0 Å². The Balaban J connectivity index is 2.46. The summed E-state index contributed by atoms with van der Waals surface area (Å²) in [5.74, 6) is -0.903. The van der Waals surface area contributed by atoms with Gasteiger partial charge < -0.3 is 4.98 Å². The van der Waals surface area contributed by atoms with Crippen molar-refractivity contribution in [2.45, 2.75) is 32.6 Å². The summed E-state index contributed by atoms with van der Waals surface area (Å²) in [6, 6.07) is 3.37. The first-order chi connectivity index (χ1) is 9.68. The summed E-state index contributed by atoms with van der Waals surface area (Å²) in [5, 5.41) is 0. The molecule has 0 saturated carbocycles. The largest absolute Gasteiger partial charge is 0.309 e. The minimum Gasteiger partial charge on any atom is -0.309 e. The average molecular weight is 404 g/mol. The highest BCUT2D eigenvalue weighted by Crippen LogP contribution is 2.23. The van der Waals surface area contributed by atoms with E-state index in [-0.39, 0.29) is 17.4 Å². The zero-order valence-electron chi connectivity index (χ0n) is 11.9. The third-order valence-electron chi connectivity index (χ3n) is 3.00. The maximum absolute atomic E-state index is 13.7. The Bertz CT molecular complexity index is 735. The van der Waals surface area contributed by atoms with Gasteiger partial charge in [0.25, 0.3) is 5.56 Å². The van der Waals surface area contributed by atoms with Crippen LogP contribution in [-0.4, -0.2) is 9.97 Å². The third kappa shape index (κ3) is 3.66. The summed E-state index contributed by atoms with van der Waals surface area (Å²) in [7, 11) is 0. The highest BCUT2D eigenvalue weighted by atomic mass is 127. The van der Waals surface area contributed by atoms with Crippen LogP contribution in [0.4, 0.5) is 8.78 Å². The van der Waals surface area contributed by atoms with Crippen molar-refractivity contribution in [3.8, 4) is 0 Å². The first-order valence-corrected chi connectivity index (χ1v) is 7.49. The van der Waals surface area contributed by atoms with Crippen LogP contribution in [0, 0.1) is 15.2 Å². The molecule has 0 saturated heterocycles. The number of aromatic amines is 1. The van der Waals surface area contributed by atoms with E-state index in [1.54, 1.807) is 0 Å². The highest BCUT2D eigenvalue weighted by molar-refractivity contribution is 14.1. The van der Waals surface area contributed by atoms with Crippen molar-refractivity contribution < 1.29 is 8.78 Å². The second-order valence-electron chi connectivity index (χ2n) is 5.84. The second kappa shape index (κ2) is 5.82. The Hall–Kier alpha value is -1.31. The first-order valence-electron chi connectivity index (χ1n) is 6.41. The number of hydrogen-bond acceptors (Lipinski definition) is 2. The van der Waals surface area contributed by atoms with E-state index in [1.807, 2.05) is 43.4 Å². The van der Waals surface area contributed by atoms with Crippen LogP contribution < -0.4 is 5.56 Å². The normalized spacial score (nSPS) is 11.7. The van der Waals surface area contributed by atoms with Crippen molar-refractivity contribution in [1.82, 2.24) is 9.97 Å². The van der Waals surface area contributed by atoms with Crippen molar-refractivity contribution in [3.63, 3.8) is 0 Å². The van der Waals surface area contributed by atoms with Gasteiger partial charge in [0.1, 0.15) is 21.0 Å². The number of benzene rings is 1. The van der Waals surface area contributed by atoms with Gasteiger partial charge in [-0.05, 0) is 34.2 Å². The molecule has 1 N–H and O–H groups in total. The number of nitrogens with one attached hydrogen (secondary N) is 1. The van der Waals surface area contributed by atoms with Crippen molar-refractivity contribution >= 4 is 22.6 Å². The third-order valence-corrected chi connectivity index (χ3v) is 4.00. The number of hydrogen-bond donors (Lipinski definition) is 1. The molecule has 0 amide bonds. The summed E-state index contributed by atoms with van der Waals surface area (Å²) in [5.41, 5.74) is 0.430. The molecule has 0 aliphatic carbocycles. The van der Waals surface area contributed by atoms with Gasteiger partial charge in [-0.2, -0.15) is 0 Å². The van der Waals surface area contributed by atoms with Gasteiger partial charge >= 0.3 is 0 Å². The van der Waals surface area contributed by atoms with Crippen LogP contribution in [0.3, 0.4) is 0 Å². The molecule has 21 heavy (non-hydrogen) atoms. The average Bonchev–Trinajstić information content (AvgIpc) is 2.35. The Morgan fingerprint density at radius 1 is 1.29 bits per heavy atom. The molecule has 0 unspecified atom stereocenters. The molecule has 1 aromatic carbocycles. The molecule has 1 heterocycles. The molecule has 0 aliphatic heterocycles. The first kappa shape index (κ1) is 16.1. The maximum atomic E-state index is 13.7. The molecular weight excluding hydrogens is 389 g/mol. The molecule has 2 aromatic rings. The van der Waals surface area contributed by atoms with Gasteiger partial charge in [-0.25, -0.2) is 13.8 Å². The van der Waals surface area contributed by atoms with Crippen LogP contribution in [-0.2, 0) is 11.8 Å². The molecule has 112 valence electrons. The zero-order valence-corrected chi connectivity index (χ0v) is 14.1. The van der Waals surface area contributed by atoms with Crippen LogP contribution >= 0.6 is 22.6 Å². The van der Waals surface area contributed by atoms with Crippen LogP contribution in [0.1, 0.15) is 37.9 Å². The summed E-state index contributed by atoms with van der Waals surface area (Å²) >= 11 is 1.96. The summed E-state index contributed by atoms with van der Waals surface area (Å²) in [4.78, 5) is 19.1. The van der Waals surface area contributed by atoms with Gasteiger partial charge in [0.15, 0.2) is 0 Å². The number of aromatic nitrogens is 2. The molecule has 0 spiro atoms. The number of H-pyrrole nitrogens is 1. The molecule has 6 heteroatoms. The molecule has 0 radical (unpaired) electrons. The van der Waals surface area contributed by atoms with E-state index in [2.05, 4.69) is 9.97 Å². The Labute approximate surface area is 135 Å². The van der Waals surface area contributed by atoms with Crippen molar-refractivity contribution in [2.24, 2.45) is 0 Å². The molecule has 3 nitrogen and oxygen atoms in total. The Morgan fingerprint density at radius 2 is 1.95 bits per heavy atom. The smallest absolute Gasteiger partial charge is 0.264 e. The molecule has 2 rings (SSSR count). The van der Waals surface area contributed by atoms with Crippen LogP contribution in [0.25, 0.3) is 0 Å². The van der Waals surface area contributed by atoms with Crippen LogP contribution in [0.5, 0.6) is 0 Å². The molecule has 0 fully saturated rings. The molecule has 0 atom stereocenters. The van der Waals surface area contributed by atoms with Crippen molar-refractivity contribution in [3.05, 3.63) is 60.8 Å². The monoisotopic (exact) mass is 404 g/mol. The fraction of sp³-hybridized carbons (Fsp3) is 0.333. The van der Waals surface area contributed by atoms with Gasteiger partial charge in [-0.3, -0.25) is 4.79 Å². The van der Waals surface area contributed by atoms with E-state index in [1.165, 1.54) is 12.1 Å². The van der Waals surface area contributed by atoms with Crippen LogP contribution in [0.2, 0.25) is 0 Å². The fourth-order valence-corrected chi connectivity index (χ4v) is 3.00. The minimum absolute atomic E-state index is 0.112. The predicted molar refractivity (Wildman–Crippen MR) is 85.4 cm³/mol. The van der Waals surface area contributed by atoms with E-state index < -0.39 is 11.6 Å². The maximum Gasteiger partial charge on any atom is 0.264 e. The Kier molecular flexibility index (Phi) is 4.46. The van der Waals surface area contributed by atoms with Crippen molar-refractivity contribution in [2.75, 3.05) is 0 Å². The standard InChI is InChI=1S/C15H15F2IN2O/c1-15(2,3)13-12(18)14(21)20-11(19-13)6-8-4-5-9(16)7-10(8)17/h4-5,7H,6H2,1-3H3,(H,19,20,21). The summed E-state index contributed by atoms with van der Waals surface area (Å²) in [6.07, 6.45) is 0.112. The Morgan fingerprint density at radius 3 is 2.52 bits per heavy atom. The van der Waals surface area contributed by atoms with Crippen LogP contribution in [0.15, 0.2) is 23.0 Å². The number of halogens is 3. The second-order valence-corrected chi connectivity index (χ2v) is 6.92. The SMILES string of the molecule is CC(C)(C)c1nc(Cc2ccc(F)cc2F)[nH]c(=O)c1I. The van der Waals surface area contributed by atoms with Gasteiger partial charge in [0.05, 0.1) is 5.69 Å². The van der Waals surface area contributed by atoms with Gasteiger partial charge in [-0.15, -0.1) is 0 Å². The molecule has 0 aliphatic rings. The van der Waals surface area contributed by atoms with E-state index in [0.29, 0.717) is 20.7 Å². The summed E-state index contributed by atoms with van der Waals surface area (Å²) in [6.45, 7) is 5.87. The van der Waals surface area contributed by atoms with E-state index >= 15 is 0 Å². The lowest BCUT2D eigenvalue weighted by molar-refractivity contribution is 0.554. The number of nitrogens with zero attached hydrogens (tertiary/aromatic N) is 1. The van der Waals surface area contributed by atoms with E-state index in [4.69, 9.17) is 0 Å². The van der Waals surface area contributed by atoms with E-state index in [0.717, 1.165) is 6.07 Å². The minimum atomic E-state index is -0.645. The lowest BCUT2D eigenvalue weighted by atomic mass is 9.92. The molecular formula is C15H15F2IN2O. The highest BCUT2D eigenvalue weighted by Gasteiger charge is 2.22. The predicted octanol–water partition coefficient (Wildman–Crippen LogP) is 3.54.